The summed E-state index contributed by atoms with van der Waals surface area (Å²) in [7, 11) is 1.82. The largest absolute Gasteiger partial charge is 0.355 e. The molecule has 1 aromatic rings. The summed E-state index contributed by atoms with van der Waals surface area (Å²) in [5.41, 5.74) is 0. The first-order valence-electron chi connectivity index (χ1n) is 8.83. The van der Waals surface area contributed by atoms with Gasteiger partial charge in [-0.1, -0.05) is 13.8 Å². The molecule has 0 spiro atoms. The number of hydrogen-bond donors (Lipinski definition) is 2. The lowest BCUT2D eigenvalue weighted by Gasteiger charge is -2.27. The minimum absolute atomic E-state index is 0. The first-order valence-corrected chi connectivity index (χ1v) is 8.83. The van der Waals surface area contributed by atoms with Gasteiger partial charge in [0.05, 0.1) is 0 Å². The molecule has 138 valence electrons. The molecular formula is C16H32IN7. The molecule has 1 saturated heterocycles. The van der Waals surface area contributed by atoms with E-state index >= 15 is 0 Å². The van der Waals surface area contributed by atoms with Crippen molar-refractivity contribution in [2.45, 2.75) is 52.1 Å². The van der Waals surface area contributed by atoms with Crippen molar-refractivity contribution in [2.75, 3.05) is 33.2 Å². The maximum absolute atomic E-state index is 4.32. The molecule has 0 aliphatic carbocycles. The van der Waals surface area contributed by atoms with E-state index in [1.165, 1.54) is 32.4 Å². The van der Waals surface area contributed by atoms with Gasteiger partial charge in [0.25, 0.3) is 0 Å². The molecule has 1 unspecified atom stereocenters. The molecular weight excluding hydrogens is 417 g/mol. The molecule has 0 radical (unpaired) electrons. The van der Waals surface area contributed by atoms with Gasteiger partial charge in [0.15, 0.2) is 5.96 Å². The maximum Gasteiger partial charge on any atom is 0.191 e. The summed E-state index contributed by atoms with van der Waals surface area (Å²) < 4.78 is 2.08. The summed E-state index contributed by atoms with van der Waals surface area (Å²) in [4.78, 5) is 6.91. The number of aromatic nitrogens is 3. The lowest BCUT2D eigenvalue weighted by molar-refractivity contribution is 0.236. The highest BCUT2D eigenvalue weighted by Gasteiger charge is 2.20. The van der Waals surface area contributed by atoms with Crippen molar-refractivity contribution >= 4 is 29.9 Å². The van der Waals surface area contributed by atoms with Gasteiger partial charge in [-0.2, -0.15) is 0 Å². The monoisotopic (exact) mass is 449 g/mol. The SMILES string of the molecule is CCc1nncn1CCNC(=NC)NCC(CC)N1CCCC1.I. The molecule has 2 heterocycles. The Morgan fingerprint density at radius 1 is 1.29 bits per heavy atom. The van der Waals surface area contributed by atoms with E-state index in [-0.39, 0.29) is 24.0 Å². The zero-order chi connectivity index (χ0) is 16.5. The predicted molar refractivity (Wildman–Crippen MR) is 109 cm³/mol. The van der Waals surface area contributed by atoms with Crippen LogP contribution in [0.5, 0.6) is 0 Å². The summed E-state index contributed by atoms with van der Waals surface area (Å²) >= 11 is 0. The van der Waals surface area contributed by atoms with Gasteiger partial charge in [-0.15, -0.1) is 34.2 Å². The molecule has 0 aromatic carbocycles. The van der Waals surface area contributed by atoms with Crippen LogP contribution < -0.4 is 10.6 Å². The Balaban J connectivity index is 0.00000288. The van der Waals surface area contributed by atoms with Crippen molar-refractivity contribution in [1.29, 1.82) is 0 Å². The average molecular weight is 449 g/mol. The van der Waals surface area contributed by atoms with E-state index in [1.54, 1.807) is 6.33 Å². The zero-order valence-electron chi connectivity index (χ0n) is 15.2. The van der Waals surface area contributed by atoms with Crippen LogP contribution in [-0.4, -0.2) is 64.9 Å². The Bertz CT molecular complexity index is 483. The molecule has 8 heteroatoms. The molecule has 1 aromatic heterocycles. The predicted octanol–water partition coefficient (Wildman–Crippen LogP) is 1.50. The van der Waals surface area contributed by atoms with Gasteiger partial charge in [0.2, 0.25) is 0 Å². The Labute approximate surface area is 162 Å². The maximum atomic E-state index is 4.32. The number of halogens is 1. The van der Waals surface area contributed by atoms with Crippen LogP contribution >= 0.6 is 24.0 Å². The molecule has 1 aliphatic rings. The van der Waals surface area contributed by atoms with Gasteiger partial charge >= 0.3 is 0 Å². The standard InChI is InChI=1S/C16H31N7.HI/c1-4-14(22-9-6-7-10-22)12-19-16(17-3)18-8-11-23-13-20-21-15(23)5-2;/h13-14H,4-12H2,1-3H3,(H2,17,18,19);1H. The number of hydrogen-bond acceptors (Lipinski definition) is 4. The Morgan fingerprint density at radius 3 is 2.67 bits per heavy atom. The van der Waals surface area contributed by atoms with Crippen LogP contribution in [0.15, 0.2) is 11.3 Å². The second-order valence-corrected chi connectivity index (χ2v) is 5.98. The minimum Gasteiger partial charge on any atom is -0.355 e. The van der Waals surface area contributed by atoms with Crippen LogP contribution in [0.1, 0.15) is 38.9 Å². The number of aliphatic imine (C=N–C) groups is 1. The molecule has 2 N–H and O–H groups in total. The Morgan fingerprint density at radius 2 is 2.04 bits per heavy atom. The highest BCUT2D eigenvalue weighted by Crippen LogP contribution is 2.13. The van der Waals surface area contributed by atoms with Crippen LogP contribution in [0.4, 0.5) is 0 Å². The number of guanidine groups is 1. The van der Waals surface area contributed by atoms with Crippen LogP contribution in [0.25, 0.3) is 0 Å². The number of rotatable bonds is 8. The molecule has 24 heavy (non-hydrogen) atoms. The topological polar surface area (TPSA) is 70.4 Å². The van der Waals surface area contributed by atoms with Crippen LogP contribution in [0.2, 0.25) is 0 Å². The zero-order valence-corrected chi connectivity index (χ0v) is 17.5. The molecule has 0 bridgehead atoms. The van der Waals surface area contributed by atoms with Crippen LogP contribution in [-0.2, 0) is 13.0 Å². The fourth-order valence-electron chi connectivity index (χ4n) is 3.11. The lowest BCUT2D eigenvalue weighted by Crippen LogP contribution is -2.46. The van der Waals surface area contributed by atoms with Crippen molar-refractivity contribution < 1.29 is 0 Å². The number of aryl methyl sites for hydroxylation is 1. The summed E-state index contributed by atoms with van der Waals surface area (Å²) in [6.45, 7) is 9.44. The fraction of sp³-hybridized carbons (Fsp3) is 0.812. The van der Waals surface area contributed by atoms with E-state index in [1.807, 2.05) is 7.05 Å². The molecule has 0 amide bonds. The summed E-state index contributed by atoms with van der Waals surface area (Å²) in [5.74, 6) is 1.89. The average Bonchev–Trinajstić information content (AvgIpc) is 3.25. The normalized spacial score (nSPS) is 16.7. The molecule has 0 saturated carbocycles. The molecule has 2 rings (SSSR count). The molecule has 7 nitrogen and oxygen atoms in total. The molecule has 1 aliphatic heterocycles. The number of nitrogens with one attached hydrogen (secondary N) is 2. The van der Waals surface area contributed by atoms with Crippen molar-refractivity contribution in [3.05, 3.63) is 12.2 Å². The quantitative estimate of drug-likeness (QED) is 0.358. The third-order valence-electron chi connectivity index (χ3n) is 4.51. The first kappa shape index (κ1) is 21.1. The fourth-order valence-corrected chi connectivity index (χ4v) is 3.11. The van der Waals surface area contributed by atoms with Crippen LogP contribution in [0.3, 0.4) is 0 Å². The first-order chi connectivity index (χ1) is 11.3. The number of nitrogens with zero attached hydrogens (tertiary/aromatic N) is 5. The van der Waals surface area contributed by atoms with Crippen molar-refractivity contribution in [2.24, 2.45) is 4.99 Å². The van der Waals surface area contributed by atoms with E-state index in [0.717, 1.165) is 37.8 Å². The van der Waals surface area contributed by atoms with Gasteiger partial charge in [0, 0.05) is 39.1 Å². The van der Waals surface area contributed by atoms with Crippen LogP contribution in [0, 0.1) is 0 Å². The second-order valence-electron chi connectivity index (χ2n) is 5.98. The highest BCUT2D eigenvalue weighted by molar-refractivity contribution is 14.0. The van der Waals surface area contributed by atoms with Gasteiger partial charge in [-0.3, -0.25) is 9.89 Å². The van der Waals surface area contributed by atoms with E-state index in [0.29, 0.717) is 6.04 Å². The number of likely N-dealkylation sites (tertiary alicyclic amines) is 1. The third kappa shape index (κ3) is 6.19. The van der Waals surface area contributed by atoms with E-state index < -0.39 is 0 Å². The van der Waals surface area contributed by atoms with Gasteiger partial charge in [0.1, 0.15) is 12.2 Å². The van der Waals surface area contributed by atoms with E-state index in [9.17, 15) is 0 Å². The Kier molecular flexibility index (Phi) is 10.2. The minimum atomic E-state index is 0. The van der Waals surface area contributed by atoms with Crippen molar-refractivity contribution in [3.8, 4) is 0 Å². The Hall–Kier alpha value is -0.900. The van der Waals surface area contributed by atoms with Gasteiger partial charge in [-0.25, -0.2) is 0 Å². The lowest BCUT2D eigenvalue weighted by atomic mass is 10.2. The summed E-state index contributed by atoms with van der Waals surface area (Å²) in [6, 6.07) is 0.598. The second kappa shape index (κ2) is 11.6. The van der Waals surface area contributed by atoms with Gasteiger partial charge in [-0.05, 0) is 32.4 Å². The highest BCUT2D eigenvalue weighted by atomic mass is 127. The molecule has 1 fully saturated rings. The summed E-state index contributed by atoms with van der Waals surface area (Å²) in [5, 5.41) is 14.9. The van der Waals surface area contributed by atoms with E-state index in [4.69, 9.17) is 0 Å². The van der Waals surface area contributed by atoms with Gasteiger partial charge < -0.3 is 15.2 Å². The smallest absolute Gasteiger partial charge is 0.191 e. The molecule has 1 atom stereocenters. The summed E-state index contributed by atoms with van der Waals surface area (Å²) in [6.07, 6.45) is 6.53. The third-order valence-corrected chi connectivity index (χ3v) is 4.51. The van der Waals surface area contributed by atoms with E-state index in [2.05, 4.69) is 49.1 Å². The van der Waals surface area contributed by atoms with Crippen molar-refractivity contribution in [1.82, 2.24) is 30.3 Å². The van der Waals surface area contributed by atoms with Crippen molar-refractivity contribution in [3.63, 3.8) is 0 Å².